The van der Waals surface area contributed by atoms with Crippen molar-refractivity contribution in [1.82, 2.24) is 10.2 Å². The van der Waals surface area contributed by atoms with Crippen LogP contribution in [-0.4, -0.2) is 27.1 Å². The second-order valence-electron chi connectivity index (χ2n) is 6.05. The van der Waals surface area contributed by atoms with Crippen molar-refractivity contribution in [2.75, 3.05) is 10.6 Å². The molecule has 2 amide bonds. The van der Waals surface area contributed by atoms with Gasteiger partial charge in [-0.25, -0.2) is 8.78 Å². The van der Waals surface area contributed by atoms with Gasteiger partial charge in [0.2, 0.25) is 5.13 Å². The van der Waals surface area contributed by atoms with Gasteiger partial charge in [-0.3, -0.25) is 14.9 Å². The Hall–Kier alpha value is -3.40. The van der Waals surface area contributed by atoms with Crippen molar-refractivity contribution in [3.8, 4) is 5.75 Å². The summed E-state index contributed by atoms with van der Waals surface area (Å²) in [6.07, 6.45) is 1.65. The second-order valence-corrected chi connectivity index (χ2v) is 7.11. The van der Waals surface area contributed by atoms with Gasteiger partial charge in [0, 0.05) is 29.8 Å². The predicted molar refractivity (Wildman–Crippen MR) is 104 cm³/mol. The molecule has 3 aromatic rings. The van der Waals surface area contributed by atoms with E-state index in [1.54, 1.807) is 0 Å². The molecule has 0 bridgehead atoms. The number of amides is 2. The molecule has 0 unspecified atom stereocenters. The third-order valence-corrected chi connectivity index (χ3v) is 4.67. The van der Waals surface area contributed by atoms with Crippen molar-refractivity contribution in [1.29, 1.82) is 0 Å². The molecule has 0 saturated heterocycles. The molecule has 29 heavy (non-hydrogen) atoms. The highest BCUT2D eigenvalue weighted by Crippen LogP contribution is 2.25. The molecule has 0 aliphatic heterocycles. The number of carbonyl (C=O) groups is 2. The highest BCUT2D eigenvalue weighted by Gasteiger charge is 2.16. The Morgan fingerprint density at radius 2 is 1.76 bits per heavy atom. The van der Waals surface area contributed by atoms with Crippen LogP contribution in [0.5, 0.6) is 5.75 Å². The molecule has 0 fully saturated rings. The smallest absolute Gasteiger partial charge is 0.261 e. The van der Waals surface area contributed by atoms with Crippen LogP contribution in [0.1, 0.15) is 39.1 Å². The summed E-state index contributed by atoms with van der Waals surface area (Å²) in [6, 6.07) is 6.26. The number of aromatic hydroxyl groups is 1. The van der Waals surface area contributed by atoms with E-state index in [4.69, 9.17) is 0 Å². The normalized spacial score (nSPS) is 10.6. The van der Waals surface area contributed by atoms with E-state index in [9.17, 15) is 23.5 Å². The molecule has 0 aliphatic carbocycles. The maximum Gasteiger partial charge on any atom is 0.261 e. The quantitative estimate of drug-likeness (QED) is 0.562. The van der Waals surface area contributed by atoms with E-state index in [2.05, 4.69) is 20.8 Å². The summed E-state index contributed by atoms with van der Waals surface area (Å²) in [7, 11) is 0. The maximum absolute atomic E-state index is 13.2. The Labute approximate surface area is 168 Å². The number of phenols is 1. The van der Waals surface area contributed by atoms with Crippen LogP contribution < -0.4 is 10.6 Å². The third-order valence-electron chi connectivity index (χ3n) is 3.78. The molecule has 3 rings (SSSR count). The third kappa shape index (κ3) is 5.11. The average Bonchev–Trinajstić information content (AvgIpc) is 3.08. The average molecular weight is 418 g/mol. The van der Waals surface area contributed by atoms with E-state index in [1.807, 2.05) is 6.92 Å². The van der Waals surface area contributed by atoms with Gasteiger partial charge < -0.3 is 10.4 Å². The number of nitrogens with one attached hydrogen (secondary N) is 2. The summed E-state index contributed by atoms with van der Waals surface area (Å²) in [4.78, 5) is 24.5. The van der Waals surface area contributed by atoms with Crippen LogP contribution in [0, 0.1) is 11.6 Å². The van der Waals surface area contributed by atoms with Crippen LogP contribution in [0.3, 0.4) is 0 Å². The summed E-state index contributed by atoms with van der Waals surface area (Å²) in [5, 5.41) is 24.0. The molecule has 0 atom stereocenters. The van der Waals surface area contributed by atoms with Gasteiger partial charge in [-0.2, -0.15) is 0 Å². The number of hydrogen-bond acceptors (Lipinski definition) is 6. The van der Waals surface area contributed by atoms with Gasteiger partial charge in [0.1, 0.15) is 22.4 Å². The fourth-order valence-corrected chi connectivity index (χ4v) is 3.31. The van der Waals surface area contributed by atoms with Crippen LogP contribution in [0.25, 0.3) is 0 Å². The maximum atomic E-state index is 13.2. The number of benzene rings is 2. The van der Waals surface area contributed by atoms with Crippen molar-refractivity contribution in [2.45, 2.75) is 19.8 Å². The summed E-state index contributed by atoms with van der Waals surface area (Å²) >= 11 is 1.24. The van der Waals surface area contributed by atoms with Gasteiger partial charge in [-0.05, 0) is 30.7 Å². The number of anilines is 2. The highest BCUT2D eigenvalue weighted by atomic mass is 32.1. The van der Waals surface area contributed by atoms with Gasteiger partial charge in [0.25, 0.3) is 11.8 Å². The van der Waals surface area contributed by atoms with E-state index in [0.29, 0.717) is 11.2 Å². The lowest BCUT2D eigenvalue weighted by Crippen LogP contribution is -2.14. The molecule has 0 saturated carbocycles. The standard InChI is InChI=1S/C19H16F2N4O3S/c1-2-3-16-24-25-19(29-16)23-18(28)14-5-4-13(9-15(14)26)22-17(27)10-6-11(20)8-12(21)7-10/h4-9,26H,2-3H2,1H3,(H,22,27)(H,23,25,28). The first-order chi connectivity index (χ1) is 13.9. The minimum absolute atomic E-state index is 0.0351. The second kappa shape index (κ2) is 8.74. The summed E-state index contributed by atoms with van der Waals surface area (Å²) in [6.45, 7) is 2.00. The molecular formula is C19H16F2N4O3S. The lowest BCUT2D eigenvalue weighted by molar-refractivity contribution is 0.101. The topological polar surface area (TPSA) is 104 Å². The number of halogens is 2. The van der Waals surface area contributed by atoms with E-state index in [0.717, 1.165) is 36.0 Å². The zero-order valence-electron chi connectivity index (χ0n) is 15.2. The van der Waals surface area contributed by atoms with E-state index in [-0.39, 0.29) is 22.6 Å². The van der Waals surface area contributed by atoms with Gasteiger partial charge in [0.15, 0.2) is 0 Å². The molecular weight excluding hydrogens is 402 g/mol. The predicted octanol–water partition coefficient (Wildman–Crippen LogP) is 3.98. The highest BCUT2D eigenvalue weighted by molar-refractivity contribution is 7.15. The van der Waals surface area contributed by atoms with Crippen molar-refractivity contribution in [2.24, 2.45) is 0 Å². The van der Waals surface area contributed by atoms with Gasteiger partial charge >= 0.3 is 0 Å². The van der Waals surface area contributed by atoms with E-state index in [1.165, 1.54) is 23.5 Å². The first-order valence-electron chi connectivity index (χ1n) is 8.60. The van der Waals surface area contributed by atoms with Crippen LogP contribution in [0.2, 0.25) is 0 Å². The Morgan fingerprint density at radius 3 is 2.41 bits per heavy atom. The lowest BCUT2D eigenvalue weighted by atomic mass is 10.1. The van der Waals surface area contributed by atoms with Crippen molar-refractivity contribution in [3.05, 3.63) is 64.2 Å². The fraction of sp³-hybridized carbons (Fsp3) is 0.158. The molecule has 1 heterocycles. The molecule has 7 nitrogen and oxygen atoms in total. The molecule has 0 radical (unpaired) electrons. The molecule has 1 aromatic heterocycles. The van der Waals surface area contributed by atoms with Gasteiger partial charge in [-0.1, -0.05) is 18.3 Å². The largest absolute Gasteiger partial charge is 0.507 e. The van der Waals surface area contributed by atoms with Crippen LogP contribution in [0.15, 0.2) is 36.4 Å². The zero-order chi connectivity index (χ0) is 21.0. The van der Waals surface area contributed by atoms with Gasteiger partial charge in [-0.15, -0.1) is 10.2 Å². The Morgan fingerprint density at radius 1 is 1.03 bits per heavy atom. The number of rotatable bonds is 6. The van der Waals surface area contributed by atoms with Crippen LogP contribution in [-0.2, 0) is 6.42 Å². The van der Waals surface area contributed by atoms with Crippen molar-refractivity contribution >= 4 is 34.0 Å². The fourth-order valence-electron chi connectivity index (χ4n) is 2.47. The Bertz CT molecular complexity index is 1050. The van der Waals surface area contributed by atoms with E-state index < -0.39 is 23.4 Å². The number of aromatic nitrogens is 2. The number of carbonyl (C=O) groups excluding carboxylic acids is 2. The van der Waals surface area contributed by atoms with Crippen molar-refractivity contribution < 1.29 is 23.5 Å². The number of nitrogens with zero attached hydrogens (tertiary/aromatic N) is 2. The zero-order valence-corrected chi connectivity index (χ0v) is 16.0. The lowest BCUT2D eigenvalue weighted by Gasteiger charge is -2.09. The number of aryl methyl sites for hydroxylation is 1. The summed E-state index contributed by atoms with van der Waals surface area (Å²) < 4.78 is 26.5. The molecule has 0 aliphatic rings. The molecule has 2 aromatic carbocycles. The number of phenolic OH excluding ortho intramolecular Hbond substituents is 1. The Kier molecular flexibility index (Phi) is 6.13. The number of hydrogen-bond donors (Lipinski definition) is 3. The van der Waals surface area contributed by atoms with Gasteiger partial charge in [0.05, 0.1) is 5.56 Å². The molecule has 3 N–H and O–H groups in total. The Balaban J connectivity index is 1.70. The molecule has 10 heteroatoms. The minimum Gasteiger partial charge on any atom is -0.507 e. The van der Waals surface area contributed by atoms with E-state index >= 15 is 0 Å². The van der Waals surface area contributed by atoms with Crippen LogP contribution >= 0.6 is 11.3 Å². The minimum atomic E-state index is -0.885. The van der Waals surface area contributed by atoms with Crippen LogP contribution in [0.4, 0.5) is 19.6 Å². The summed E-state index contributed by atoms with van der Waals surface area (Å²) in [5.74, 6) is -3.51. The monoisotopic (exact) mass is 418 g/mol. The first-order valence-corrected chi connectivity index (χ1v) is 9.41. The first kappa shape index (κ1) is 20.3. The van der Waals surface area contributed by atoms with Crippen molar-refractivity contribution in [3.63, 3.8) is 0 Å². The molecule has 150 valence electrons. The molecule has 0 spiro atoms. The summed E-state index contributed by atoms with van der Waals surface area (Å²) in [5.41, 5.74) is -0.107. The SMILES string of the molecule is CCCc1nnc(NC(=O)c2ccc(NC(=O)c3cc(F)cc(F)c3)cc2O)s1.